The molecule has 134 valence electrons. The minimum Gasteiger partial charge on any atom is -0.379 e. The maximum Gasteiger partial charge on any atom is 0.256 e. The van der Waals surface area contributed by atoms with Gasteiger partial charge in [-0.1, -0.05) is 12.1 Å². The van der Waals surface area contributed by atoms with E-state index in [2.05, 4.69) is 4.98 Å². The maximum absolute atomic E-state index is 13.0. The number of hydrogen-bond acceptors (Lipinski definition) is 5. The van der Waals surface area contributed by atoms with Gasteiger partial charge in [-0.3, -0.25) is 9.69 Å². The molecule has 1 aromatic carbocycles. The highest BCUT2D eigenvalue weighted by Crippen LogP contribution is 2.25. The predicted molar refractivity (Wildman–Crippen MR) is 94.4 cm³/mol. The first-order valence-electron chi connectivity index (χ1n) is 8.29. The third-order valence-corrected chi connectivity index (χ3v) is 5.17. The standard InChI is InChI=1S/C18H22FN3O2S/c1-21(12-16-20-8-10-25-16)13-18(24)7-2-9-22(17(18)23)11-14-3-5-15(19)6-4-14/h3-6,8,10,24H,2,7,9,11-13H2,1H3/t18-/m1/s1. The quantitative estimate of drug-likeness (QED) is 0.855. The molecular weight excluding hydrogens is 341 g/mol. The molecule has 0 bridgehead atoms. The minimum atomic E-state index is -1.38. The highest BCUT2D eigenvalue weighted by Gasteiger charge is 2.42. The highest BCUT2D eigenvalue weighted by atomic mass is 32.1. The monoisotopic (exact) mass is 363 g/mol. The molecule has 1 aliphatic rings. The van der Waals surface area contributed by atoms with Gasteiger partial charge in [0.25, 0.3) is 5.91 Å². The largest absolute Gasteiger partial charge is 0.379 e. The normalized spacial score (nSPS) is 21.1. The summed E-state index contributed by atoms with van der Waals surface area (Å²) in [6, 6.07) is 6.12. The molecule has 0 saturated carbocycles. The van der Waals surface area contributed by atoms with Crippen LogP contribution in [0.1, 0.15) is 23.4 Å². The average molecular weight is 363 g/mol. The Morgan fingerprint density at radius 1 is 1.40 bits per heavy atom. The molecule has 0 spiro atoms. The van der Waals surface area contributed by atoms with Crippen LogP contribution in [-0.4, -0.2) is 51.5 Å². The fourth-order valence-corrected chi connectivity index (χ4v) is 3.93. The molecule has 1 amide bonds. The lowest BCUT2D eigenvalue weighted by Crippen LogP contribution is -2.57. The van der Waals surface area contributed by atoms with Gasteiger partial charge in [0.05, 0.1) is 6.54 Å². The summed E-state index contributed by atoms with van der Waals surface area (Å²) >= 11 is 1.56. The van der Waals surface area contributed by atoms with E-state index in [1.807, 2.05) is 17.3 Å². The lowest BCUT2D eigenvalue weighted by atomic mass is 9.91. The van der Waals surface area contributed by atoms with Crippen molar-refractivity contribution >= 4 is 17.2 Å². The van der Waals surface area contributed by atoms with Crippen molar-refractivity contribution in [3.8, 4) is 0 Å². The van der Waals surface area contributed by atoms with Crippen LogP contribution in [0.15, 0.2) is 35.8 Å². The number of nitrogens with zero attached hydrogens (tertiary/aromatic N) is 3. The van der Waals surface area contributed by atoms with E-state index in [1.54, 1.807) is 34.6 Å². The van der Waals surface area contributed by atoms with Gasteiger partial charge in [0.1, 0.15) is 10.8 Å². The molecule has 1 saturated heterocycles. The van der Waals surface area contributed by atoms with Gasteiger partial charge in [-0.2, -0.15) is 0 Å². The fraction of sp³-hybridized carbons (Fsp3) is 0.444. The van der Waals surface area contributed by atoms with Gasteiger partial charge in [-0.25, -0.2) is 9.37 Å². The Morgan fingerprint density at radius 2 is 2.16 bits per heavy atom. The minimum absolute atomic E-state index is 0.255. The topological polar surface area (TPSA) is 56.7 Å². The molecule has 0 unspecified atom stereocenters. The first-order chi connectivity index (χ1) is 12.0. The fourth-order valence-electron chi connectivity index (χ4n) is 3.24. The number of thiazole rings is 1. The number of likely N-dealkylation sites (tertiary alicyclic amines) is 1. The van der Waals surface area contributed by atoms with Crippen LogP contribution in [0.4, 0.5) is 4.39 Å². The van der Waals surface area contributed by atoms with E-state index in [4.69, 9.17) is 0 Å². The Kier molecular flexibility index (Phi) is 5.46. The Morgan fingerprint density at radius 3 is 2.84 bits per heavy atom. The third-order valence-electron chi connectivity index (χ3n) is 4.41. The molecule has 1 aliphatic heterocycles. The van der Waals surface area contributed by atoms with E-state index >= 15 is 0 Å². The molecule has 2 aromatic rings. The zero-order chi connectivity index (χ0) is 17.9. The Balaban J connectivity index is 1.64. The number of halogens is 1. The van der Waals surface area contributed by atoms with Crippen LogP contribution in [-0.2, 0) is 17.9 Å². The zero-order valence-electron chi connectivity index (χ0n) is 14.2. The smallest absolute Gasteiger partial charge is 0.256 e. The summed E-state index contributed by atoms with van der Waals surface area (Å²) in [5, 5.41) is 13.8. The Bertz CT molecular complexity index is 708. The number of hydrogen-bond donors (Lipinski definition) is 1. The predicted octanol–water partition coefficient (Wildman–Crippen LogP) is 2.27. The Labute approximate surface area is 150 Å². The van der Waals surface area contributed by atoms with Crippen molar-refractivity contribution in [3.05, 3.63) is 52.2 Å². The van der Waals surface area contributed by atoms with Gasteiger partial charge >= 0.3 is 0 Å². The molecule has 7 heteroatoms. The van der Waals surface area contributed by atoms with Gasteiger partial charge in [-0.05, 0) is 37.6 Å². The molecule has 0 radical (unpaired) electrons. The lowest BCUT2D eigenvalue weighted by molar-refractivity contribution is -0.160. The summed E-state index contributed by atoms with van der Waals surface area (Å²) in [4.78, 5) is 20.6. The summed E-state index contributed by atoms with van der Waals surface area (Å²) in [7, 11) is 1.88. The maximum atomic E-state index is 13.0. The molecule has 3 rings (SSSR count). The number of rotatable bonds is 6. The number of amides is 1. The van der Waals surface area contributed by atoms with Crippen LogP contribution >= 0.6 is 11.3 Å². The van der Waals surface area contributed by atoms with Gasteiger partial charge in [0, 0.05) is 31.2 Å². The molecule has 1 N–H and O–H groups in total. The van der Waals surface area contributed by atoms with Crippen molar-refractivity contribution in [1.82, 2.24) is 14.8 Å². The van der Waals surface area contributed by atoms with Crippen molar-refractivity contribution in [2.75, 3.05) is 20.1 Å². The van der Waals surface area contributed by atoms with E-state index < -0.39 is 5.60 Å². The number of carbonyl (C=O) groups is 1. The summed E-state index contributed by atoms with van der Waals surface area (Å²) < 4.78 is 13.0. The van der Waals surface area contributed by atoms with E-state index in [0.717, 1.165) is 17.0 Å². The van der Waals surface area contributed by atoms with E-state index in [1.165, 1.54) is 12.1 Å². The zero-order valence-corrected chi connectivity index (χ0v) is 15.0. The SMILES string of the molecule is CN(Cc1nccs1)C[C@]1(O)CCCN(Cc2ccc(F)cc2)C1=O. The number of carbonyl (C=O) groups excluding carboxylic acids is 1. The van der Waals surface area contributed by atoms with Crippen LogP contribution in [0.2, 0.25) is 0 Å². The molecule has 25 heavy (non-hydrogen) atoms. The van der Waals surface area contributed by atoms with Crippen LogP contribution in [0.25, 0.3) is 0 Å². The van der Waals surface area contributed by atoms with Crippen molar-refractivity contribution < 1.29 is 14.3 Å². The second-order valence-corrected chi connectivity index (χ2v) is 7.57. The molecule has 1 atom stereocenters. The molecule has 0 aliphatic carbocycles. The van der Waals surface area contributed by atoms with Crippen LogP contribution < -0.4 is 0 Å². The van der Waals surface area contributed by atoms with Gasteiger partial charge in [0.15, 0.2) is 5.60 Å². The van der Waals surface area contributed by atoms with Crippen LogP contribution in [0.3, 0.4) is 0 Å². The van der Waals surface area contributed by atoms with Crippen molar-refractivity contribution in [2.45, 2.75) is 31.5 Å². The molecular formula is C18H22FN3O2S. The molecule has 1 aromatic heterocycles. The van der Waals surface area contributed by atoms with Gasteiger partial charge in [0.2, 0.25) is 0 Å². The first kappa shape index (κ1) is 18.0. The average Bonchev–Trinajstić information content (AvgIpc) is 3.07. The van der Waals surface area contributed by atoms with E-state index in [0.29, 0.717) is 26.1 Å². The second-order valence-electron chi connectivity index (χ2n) is 6.59. The highest BCUT2D eigenvalue weighted by molar-refractivity contribution is 7.09. The lowest BCUT2D eigenvalue weighted by Gasteiger charge is -2.40. The number of piperidine rings is 1. The molecule has 5 nitrogen and oxygen atoms in total. The summed E-state index contributed by atoms with van der Waals surface area (Å²) in [5.74, 6) is -0.553. The van der Waals surface area contributed by atoms with Crippen LogP contribution in [0.5, 0.6) is 0 Å². The van der Waals surface area contributed by atoms with Crippen molar-refractivity contribution in [1.29, 1.82) is 0 Å². The summed E-state index contributed by atoms with van der Waals surface area (Å²) in [6.45, 7) is 1.86. The third kappa shape index (κ3) is 4.42. The van der Waals surface area contributed by atoms with Crippen molar-refractivity contribution in [2.24, 2.45) is 0 Å². The number of benzene rings is 1. The molecule has 1 fully saturated rings. The number of likely N-dealkylation sites (N-methyl/N-ethyl adjacent to an activating group) is 1. The van der Waals surface area contributed by atoms with Gasteiger partial charge in [-0.15, -0.1) is 11.3 Å². The number of aromatic nitrogens is 1. The summed E-state index contributed by atoms with van der Waals surface area (Å²) in [6.07, 6.45) is 2.95. The summed E-state index contributed by atoms with van der Waals surface area (Å²) in [5.41, 5.74) is -0.528. The van der Waals surface area contributed by atoms with E-state index in [-0.39, 0.29) is 18.3 Å². The second kappa shape index (κ2) is 7.59. The van der Waals surface area contributed by atoms with Gasteiger partial charge < -0.3 is 10.0 Å². The molecule has 2 heterocycles. The number of aliphatic hydroxyl groups is 1. The van der Waals surface area contributed by atoms with Crippen LogP contribution in [0, 0.1) is 5.82 Å². The van der Waals surface area contributed by atoms with E-state index in [9.17, 15) is 14.3 Å². The first-order valence-corrected chi connectivity index (χ1v) is 9.17. The Hall–Kier alpha value is -1.83. The van der Waals surface area contributed by atoms with Crippen molar-refractivity contribution in [3.63, 3.8) is 0 Å².